The predicted octanol–water partition coefficient (Wildman–Crippen LogP) is 2.74. The fourth-order valence-electron chi connectivity index (χ4n) is 1.44. The van der Waals surface area contributed by atoms with Crippen LogP contribution in [0.15, 0.2) is 18.2 Å². The first-order chi connectivity index (χ1) is 6.91. The second kappa shape index (κ2) is 4.23. The topological polar surface area (TPSA) is 26.0 Å². The zero-order valence-corrected chi connectivity index (χ0v) is 8.73. The molecule has 1 unspecified atom stereocenters. The van der Waals surface area contributed by atoms with Gasteiger partial charge in [-0.25, -0.2) is 13.2 Å². The van der Waals surface area contributed by atoms with E-state index in [2.05, 4.69) is 0 Å². The van der Waals surface area contributed by atoms with Crippen molar-refractivity contribution in [2.24, 2.45) is 11.7 Å². The highest BCUT2D eigenvalue weighted by Gasteiger charge is 2.34. The molecule has 0 saturated heterocycles. The molecule has 1 atom stereocenters. The minimum atomic E-state index is -1.81. The van der Waals surface area contributed by atoms with Gasteiger partial charge in [-0.2, -0.15) is 0 Å². The van der Waals surface area contributed by atoms with Gasteiger partial charge >= 0.3 is 0 Å². The fraction of sp³-hybridized carbons (Fsp3) is 0.455. The van der Waals surface area contributed by atoms with E-state index in [0.29, 0.717) is 0 Å². The van der Waals surface area contributed by atoms with Gasteiger partial charge < -0.3 is 5.73 Å². The SMILES string of the molecule is CC(C)C(F)(CN)c1ccc(F)c(F)c1. The van der Waals surface area contributed by atoms with Gasteiger partial charge in [-0.05, 0) is 23.6 Å². The van der Waals surface area contributed by atoms with Gasteiger partial charge in [0, 0.05) is 6.54 Å². The molecule has 1 rings (SSSR count). The average Bonchev–Trinajstić information content (AvgIpc) is 2.20. The summed E-state index contributed by atoms with van der Waals surface area (Å²) in [7, 11) is 0. The molecule has 4 heteroatoms. The van der Waals surface area contributed by atoms with Crippen molar-refractivity contribution in [3.63, 3.8) is 0 Å². The minimum absolute atomic E-state index is 0.0823. The largest absolute Gasteiger partial charge is 0.327 e. The molecule has 0 radical (unpaired) electrons. The van der Waals surface area contributed by atoms with Gasteiger partial charge in [0.15, 0.2) is 17.3 Å². The van der Waals surface area contributed by atoms with Crippen molar-refractivity contribution in [3.8, 4) is 0 Å². The molecule has 0 aliphatic rings. The fourth-order valence-corrected chi connectivity index (χ4v) is 1.44. The molecule has 15 heavy (non-hydrogen) atoms. The molecule has 0 aliphatic carbocycles. The van der Waals surface area contributed by atoms with Crippen LogP contribution in [0.1, 0.15) is 19.4 Å². The third-order valence-electron chi connectivity index (χ3n) is 2.61. The van der Waals surface area contributed by atoms with Gasteiger partial charge in [0.05, 0.1) is 0 Å². The Morgan fingerprint density at radius 2 is 1.87 bits per heavy atom. The second-order valence-electron chi connectivity index (χ2n) is 3.85. The number of rotatable bonds is 3. The standard InChI is InChI=1S/C11H14F3N/c1-7(2)11(14,6-15)8-3-4-9(12)10(13)5-8/h3-5,7H,6,15H2,1-2H3. The summed E-state index contributed by atoms with van der Waals surface area (Å²) >= 11 is 0. The first-order valence-corrected chi connectivity index (χ1v) is 4.76. The zero-order chi connectivity index (χ0) is 11.6. The lowest BCUT2D eigenvalue weighted by Crippen LogP contribution is -2.35. The van der Waals surface area contributed by atoms with Crippen molar-refractivity contribution >= 4 is 0 Å². The molecule has 0 heterocycles. The van der Waals surface area contributed by atoms with Crippen LogP contribution in [0.4, 0.5) is 13.2 Å². The van der Waals surface area contributed by atoms with Crippen molar-refractivity contribution in [3.05, 3.63) is 35.4 Å². The van der Waals surface area contributed by atoms with Crippen molar-refractivity contribution in [2.75, 3.05) is 6.54 Å². The average molecular weight is 217 g/mol. The minimum Gasteiger partial charge on any atom is -0.327 e. The summed E-state index contributed by atoms with van der Waals surface area (Å²) in [5.74, 6) is -2.43. The van der Waals surface area contributed by atoms with E-state index in [0.717, 1.165) is 12.1 Å². The Morgan fingerprint density at radius 3 is 2.27 bits per heavy atom. The van der Waals surface area contributed by atoms with Gasteiger partial charge in [0.25, 0.3) is 0 Å². The van der Waals surface area contributed by atoms with Crippen molar-refractivity contribution in [2.45, 2.75) is 19.5 Å². The van der Waals surface area contributed by atoms with Crippen LogP contribution >= 0.6 is 0 Å². The van der Waals surface area contributed by atoms with Crippen molar-refractivity contribution < 1.29 is 13.2 Å². The summed E-state index contributed by atoms with van der Waals surface area (Å²) in [6, 6.07) is 3.00. The van der Waals surface area contributed by atoms with E-state index in [4.69, 9.17) is 5.73 Å². The Hall–Kier alpha value is -1.03. The van der Waals surface area contributed by atoms with Gasteiger partial charge in [-0.1, -0.05) is 19.9 Å². The van der Waals surface area contributed by atoms with E-state index in [-0.39, 0.29) is 12.1 Å². The number of hydrogen-bond acceptors (Lipinski definition) is 1. The molecule has 0 amide bonds. The highest BCUT2D eigenvalue weighted by molar-refractivity contribution is 5.25. The monoisotopic (exact) mass is 217 g/mol. The number of benzene rings is 1. The third-order valence-corrected chi connectivity index (χ3v) is 2.61. The quantitative estimate of drug-likeness (QED) is 0.827. The Balaban J connectivity index is 3.19. The normalized spacial score (nSPS) is 15.4. The molecule has 0 spiro atoms. The molecule has 1 nitrogen and oxygen atoms in total. The van der Waals surface area contributed by atoms with Gasteiger partial charge in [0.1, 0.15) is 0 Å². The Bertz CT molecular complexity index is 352. The van der Waals surface area contributed by atoms with Crippen LogP contribution in [0.25, 0.3) is 0 Å². The van der Waals surface area contributed by atoms with Crippen molar-refractivity contribution in [1.82, 2.24) is 0 Å². The van der Waals surface area contributed by atoms with E-state index in [9.17, 15) is 13.2 Å². The maximum atomic E-state index is 14.3. The molecule has 0 bridgehead atoms. The zero-order valence-electron chi connectivity index (χ0n) is 8.73. The first kappa shape index (κ1) is 12.0. The molecule has 0 aliphatic heterocycles. The molecular formula is C11H14F3N. The van der Waals surface area contributed by atoms with Gasteiger partial charge in [-0.3, -0.25) is 0 Å². The number of alkyl halides is 1. The molecule has 0 saturated carbocycles. The van der Waals surface area contributed by atoms with Crippen LogP contribution < -0.4 is 5.73 Å². The summed E-state index contributed by atoms with van der Waals surface area (Å²) in [5.41, 5.74) is 3.61. The van der Waals surface area contributed by atoms with Crippen molar-refractivity contribution in [1.29, 1.82) is 0 Å². The summed E-state index contributed by atoms with van der Waals surface area (Å²) < 4.78 is 39.9. The van der Waals surface area contributed by atoms with E-state index in [1.54, 1.807) is 13.8 Å². The van der Waals surface area contributed by atoms with Gasteiger partial charge in [0.2, 0.25) is 0 Å². The van der Waals surface area contributed by atoms with E-state index < -0.39 is 23.2 Å². The molecule has 1 aromatic rings. The molecule has 84 valence electrons. The lowest BCUT2D eigenvalue weighted by Gasteiger charge is -2.28. The maximum absolute atomic E-state index is 14.3. The summed E-state index contributed by atoms with van der Waals surface area (Å²) in [6.45, 7) is 3.04. The molecular weight excluding hydrogens is 203 g/mol. The Kier molecular flexibility index (Phi) is 3.39. The molecule has 0 aromatic heterocycles. The second-order valence-corrected chi connectivity index (χ2v) is 3.85. The molecule has 1 aromatic carbocycles. The van der Waals surface area contributed by atoms with Crippen LogP contribution in [-0.2, 0) is 5.67 Å². The van der Waals surface area contributed by atoms with E-state index >= 15 is 0 Å². The number of nitrogens with two attached hydrogens (primary N) is 1. The van der Waals surface area contributed by atoms with Gasteiger partial charge in [-0.15, -0.1) is 0 Å². The number of hydrogen-bond donors (Lipinski definition) is 1. The smallest absolute Gasteiger partial charge is 0.159 e. The van der Waals surface area contributed by atoms with Crippen LogP contribution in [0, 0.1) is 17.6 Å². The lowest BCUT2D eigenvalue weighted by molar-refractivity contribution is 0.109. The van der Waals surface area contributed by atoms with Crippen LogP contribution in [0.3, 0.4) is 0 Å². The van der Waals surface area contributed by atoms with Crippen LogP contribution in [0.5, 0.6) is 0 Å². The van der Waals surface area contributed by atoms with E-state index in [1.807, 2.05) is 0 Å². The predicted molar refractivity (Wildman–Crippen MR) is 53.0 cm³/mol. The lowest BCUT2D eigenvalue weighted by atomic mass is 9.85. The Labute approximate surface area is 87.1 Å². The third kappa shape index (κ3) is 2.15. The summed E-state index contributed by atoms with van der Waals surface area (Å²) in [4.78, 5) is 0. The first-order valence-electron chi connectivity index (χ1n) is 4.76. The summed E-state index contributed by atoms with van der Waals surface area (Å²) in [6.07, 6.45) is 0. The highest BCUT2D eigenvalue weighted by atomic mass is 19.2. The van der Waals surface area contributed by atoms with Crippen LogP contribution in [0.2, 0.25) is 0 Å². The molecule has 0 fully saturated rings. The van der Waals surface area contributed by atoms with E-state index in [1.165, 1.54) is 6.07 Å². The molecule has 2 N–H and O–H groups in total. The van der Waals surface area contributed by atoms with Crippen LogP contribution in [-0.4, -0.2) is 6.54 Å². The Morgan fingerprint density at radius 1 is 1.27 bits per heavy atom. The number of halogens is 3. The highest BCUT2D eigenvalue weighted by Crippen LogP contribution is 2.33. The maximum Gasteiger partial charge on any atom is 0.159 e. The summed E-state index contributed by atoms with van der Waals surface area (Å²) in [5, 5.41) is 0.